The molecule has 0 aliphatic rings. The van der Waals surface area contributed by atoms with Gasteiger partial charge in [0.05, 0.1) is 6.61 Å². The highest BCUT2D eigenvalue weighted by molar-refractivity contribution is 6.50. The van der Waals surface area contributed by atoms with Gasteiger partial charge in [-0.1, -0.05) is 19.9 Å². The summed E-state index contributed by atoms with van der Waals surface area (Å²) in [6, 6.07) is 1.18. The van der Waals surface area contributed by atoms with Crippen LogP contribution in [0.4, 0.5) is 0 Å². The van der Waals surface area contributed by atoms with E-state index in [0.29, 0.717) is 13.2 Å². The Morgan fingerprint density at radius 2 is 2.23 bits per heavy atom. The lowest BCUT2D eigenvalue weighted by Gasteiger charge is -2.09. The van der Waals surface area contributed by atoms with Gasteiger partial charge in [-0.25, -0.2) is 4.79 Å². The molecule has 0 aromatic heterocycles. The van der Waals surface area contributed by atoms with Gasteiger partial charge in [0.2, 0.25) is 0 Å². The van der Waals surface area contributed by atoms with Gasteiger partial charge in [0.25, 0.3) is 0 Å². The average Bonchev–Trinajstić information content (AvgIpc) is 2.12. The lowest BCUT2D eigenvalue weighted by molar-refractivity contribution is -0.138. The van der Waals surface area contributed by atoms with Crippen LogP contribution in [0.5, 0.6) is 0 Å². The molecule has 0 aromatic rings. The van der Waals surface area contributed by atoms with Crippen molar-refractivity contribution in [2.75, 3.05) is 13.2 Å². The fourth-order valence-electron chi connectivity index (χ4n) is 0.940. The predicted molar refractivity (Wildman–Crippen MR) is 55.2 cm³/mol. The Balaban J connectivity index is 3.24. The normalized spacial score (nSPS) is 12.2. The summed E-state index contributed by atoms with van der Waals surface area (Å²) in [5.41, 5.74) is 0. The second kappa shape index (κ2) is 8.01. The summed E-state index contributed by atoms with van der Waals surface area (Å²) in [6.07, 6.45) is 2.33. The minimum atomic E-state index is -0.991. The topological polar surface area (TPSA) is 35.5 Å². The molecule has 0 saturated carbocycles. The summed E-state index contributed by atoms with van der Waals surface area (Å²) in [5, 5.41) is 0. The van der Waals surface area contributed by atoms with Crippen molar-refractivity contribution in [2.45, 2.75) is 25.9 Å². The van der Waals surface area contributed by atoms with Crippen LogP contribution in [-0.4, -0.2) is 28.2 Å². The Labute approximate surface area is 81.5 Å². The average molecular weight is 202 g/mol. The molecule has 0 aliphatic carbocycles. The van der Waals surface area contributed by atoms with E-state index in [0.717, 1.165) is 6.08 Å². The third-order valence-corrected chi connectivity index (χ3v) is 3.79. The van der Waals surface area contributed by atoms with E-state index in [1.807, 2.05) is 0 Å². The molecule has 0 spiro atoms. The maximum atomic E-state index is 10.6. The van der Waals surface area contributed by atoms with Gasteiger partial charge in [0.1, 0.15) is 6.61 Å². The zero-order valence-corrected chi connectivity index (χ0v) is 9.57. The van der Waals surface area contributed by atoms with E-state index in [9.17, 15) is 4.79 Å². The summed E-state index contributed by atoms with van der Waals surface area (Å²) < 4.78 is 10.3. The molecular formula is C9H18O3Si. The van der Waals surface area contributed by atoms with Gasteiger partial charge in [-0.05, 0) is 12.6 Å². The van der Waals surface area contributed by atoms with Crippen LogP contribution in [0, 0.1) is 0 Å². The largest absolute Gasteiger partial charge is 0.460 e. The predicted octanol–water partition coefficient (Wildman–Crippen LogP) is 1.50. The number of rotatable bonds is 7. The number of ether oxygens (including phenoxy) is 1. The molecular weight excluding hydrogens is 184 g/mol. The van der Waals surface area contributed by atoms with Crippen LogP contribution in [0.15, 0.2) is 12.7 Å². The van der Waals surface area contributed by atoms with Crippen LogP contribution in [0.2, 0.25) is 12.6 Å². The van der Waals surface area contributed by atoms with Crippen LogP contribution in [0.25, 0.3) is 0 Å². The monoisotopic (exact) mass is 202 g/mol. The molecule has 0 heterocycles. The Bertz CT molecular complexity index is 159. The summed E-state index contributed by atoms with van der Waals surface area (Å²) in [6.45, 7) is 8.45. The van der Waals surface area contributed by atoms with Crippen LogP contribution in [-0.2, 0) is 14.0 Å². The molecule has 4 heteroatoms. The van der Waals surface area contributed by atoms with Gasteiger partial charge >= 0.3 is 5.97 Å². The van der Waals surface area contributed by atoms with Crippen LogP contribution in [0.3, 0.4) is 0 Å². The lowest BCUT2D eigenvalue weighted by atomic mass is 10.6. The van der Waals surface area contributed by atoms with Crippen molar-refractivity contribution < 1.29 is 14.0 Å². The van der Waals surface area contributed by atoms with Crippen molar-refractivity contribution in [2.24, 2.45) is 0 Å². The molecule has 0 amide bonds. The first kappa shape index (κ1) is 12.4. The second-order valence-electron chi connectivity index (χ2n) is 2.84. The number of carbonyl (C=O) groups is 1. The Morgan fingerprint density at radius 3 is 2.77 bits per heavy atom. The third kappa shape index (κ3) is 7.74. The number of hydrogen-bond acceptors (Lipinski definition) is 3. The molecule has 0 N–H and O–H groups in total. The molecule has 0 aromatic carbocycles. The molecule has 0 bridgehead atoms. The quantitative estimate of drug-likeness (QED) is 0.272. The first-order chi connectivity index (χ1) is 6.20. The molecule has 0 rings (SSSR count). The number of hydrogen-bond donors (Lipinski definition) is 0. The van der Waals surface area contributed by atoms with E-state index in [-0.39, 0.29) is 5.97 Å². The highest BCUT2D eigenvalue weighted by atomic mass is 28.3. The molecule has 0 aliphatic heterocycles. The minimum absolute atomic E-state index is 0.339. The highest BCUT2D eigenvalue weighted by Crippen LogP contribution is 1.97. The Hall–Kier alpha value is -0.613. The fourth-order valence-corrected chi connectivity index (χ4v) is 2.42. The summed E-state index contributed by atoms with van der Waals surface area (Å²) in [4.78, 5) is 10.6. The van der Waals surface area contributed by atoms with Gasteiger partial charge in [-0.2, -0.15) is 0 Å². The van der Waals surface area contributed by atoms with Gasteiger partial charge < -0.3 is 9.16 Å². The standard InChI is InChI=1S/C9H18O3Si/c1-4-8-13(3)12-7-6-11-9(10)5-2/h5,13H,2,4,6-8H2,1,3H3. The minimum Gasteiger partial charge on any atom is -0.460 e. The smallest absolute Gasteiger partial charge is 0.330 e. The van der Waals surface area contributed by atoms with Crippen molar-refractivity contribution in [1.29, 1.82) is 0 Å². The first-order valence-electron chi connectivity index (χ1n) is 4.61. The molecule has 1 atom stereocenters. The molecule has 3 nitrogen and oxygen atoms in total. The van der Waals surface area contributed by atoms with Crippen molar-refractivity contribution >= 4 is 15.0 Å². The molecule has 0 radical (unpaired) electrons. The number of esters is 1. The first-order valence-corrected chi connectivity index (χ1v) is 7.05. The van der Waals surface area contributed by atoms with Crippen LogP contribution >= 0.6 is 0 Å². The molecule has 1 unspecified atom stereocenters. The third-order valence-electron chi connectivity index (χ3n) is 1.59. The summed E-state index contributed by atoms with van der Waals surface area (Å²) in [7, 11) is -0.991. The van der Waals surface area contributed by atoms with E-state index in [2.05, 4.69) is 20.0 Å². The number of carbonyl (C=O) groups excluding carboxylic acids is 1. The second-order valence-corrected chi connectivity index (χ2v) is 5.37. The van der Waals surface area contributed by atoms with Crippen LogP contribution in [0.1, 0.15) is 13.3 Å². The van der Waals surface area contributed by atoms with E-state index in [1.165, 1.54) is 12.5 Å². The molecule has 0 fully saturated rings. The lowest BCUT2D eigenvalue weighted by Crippen LogP contribution is -2.17. The summed E-state index contributed by atoms with van der Waals surface area (Å²) >= 11 is 0. The SMILES string of the molecule is C=CC(=O)OCCO[SiH](C)CCC. The maximum Gasteiger partial charge on any atom is 0.330 e. The Kier molecular flexibility index (Phi) is 7.63. The van der Waals surface area contributed by atoms with Crippen LogP contribution < -0.4 is 0 Å². The Morgan fingerprint density at radius 1 is 1.54 bits per heavy atom. The molecule has 76 valence electrons. The maximum absolute atomic E-state index is 10.6. The van der Waals surface area contributed by atoms with Gasteiger partial charge in [0, 0.05) is 6.08 Å². The van der Waals surface area contributed by atoms with Gasteiger partial charge in [-0.3, -0.25) is 0 Å². The van der Waals surface area contributed by atoms with Crippen molar-refractivity contribution in [3.05, 3.63) is 12.7 Å². The van der Waals surface area contributed by atoms with E-state index in [1.54, 1.807) is 0 Å². The highest BCUT2D eigenvalue weighted by Gasteiger charge is 2.02. The van der Waals surface area contributed by atoms with Gasteiger partial charge in [0.15, 0.2) is 9.04 Å². The van der Waals surface area contributed by atoms with E-state index in [4.69, 9.17) is 9.16 Å². The zero-order chi connectivity index (χ0) is 10.1. The fraction of sp³-hybridized carbons (Fsp3) is 0.667. The zero-order valence-electron chi connectivity index (χ0n) is 8.41. The van der Waals surface area contributed by atoms with Crippen molar-refractivity contribution in [1.82, 2.24) is 0 Å². The van der Waals surface area contributed by atoms with Gasteiger partial charge in [-0.15, -0.1) is 0 Å². The van der Waals surface area contributed by atoms with E-state index >= 15 is 0 Å². The van der Waals surface area contributed by atoms with Crippen molar-refractivity contribution in [3.63, 3.8) is 0 Å². The summed E-state index contributed by atoms with van der Waals surface area (Å²) in [5.74, 6) is -0.381. The van der Waals surface area contributed by atoms with Crippen molar-refractivity contribution in [3.8, 4) is 0 Å². The van der Waals surface area contributed by atoms with E-state index < -0.39 is 9.04 Å². The molecule has 13 heavy (non-hydrogen) atoms. The molecule has 0 saturated heterocycles.